The van der Waals surface area contributed by atoms with Crippen molar-refractivity contribution in [2.75, 3.05) is 25.6 Å². The van der Waals surface area contributed by atoms with Crippen molar-refractivity contribution in [1.82, 2.24) is 9.97 Å². The van der Waals surface area contributed by atoms with Gasteiger partial charge in [0.2, 0.25) is 0 Å². The highest BCUT2D eigenvalue weighted by Crippen LogP contribution is 2.35. The van der Waals surface area contributed by atoms with E-state index in [-0.39, 0.29) is 0 Å². The molecular weight excluding hydrogens is 363 g/mol. The predicted octanol–water partition coefficient (Wildman–Crippen LogP) is 4.03. The second-order valence-corrected chi connectivity index (χ2v) is 5.95. The maximum absolute atomic E-state index is 6.06. The molecule has 1 aromatic heterocycles. The van der Waals surface area contributed by atoms with Crippen LogP contribution in [0.5, 0.6) is 11.5 Å². The van der Waals surface area contributed by atoms with Gasteiger partial charge >= 0.3 is 0 Å². The number of ether oxygens (including phenoxy) is 2. The molecule has 3 N–H and O–H groups in total. The van der Waals surface area contributed by atoms with E-state index in [0.717, 1.165) is 11.1 Å². The van der Waals surface area contributed by atoms with Gasteiger partial charge in [-0.1, -0.05) is 23.2 Å². The van der Waals surface area contributed by atoms with Crippen molar-refractivity contribution in [2.24, 2.45) is 5.73 Å². The van der Waals surface area contributed by atoms with Gasteiger partial charge < -0.3 is 20.5 Å². The number of hydrogen-bond donors (Lipinski definition) is 2. The van der Waals surface area contributed by atoms with Crippen LogP contribution in [-0.4, -0.2) is 30.2 Å². The fraction of sp³-hybridized carbons (Fsp3) is 0.176. The van der Waals surface area contributed by atoms with Crippen LogP contribution >= 0.6 is 23.2 Å². The fourth-order valence-corrected chi connectivity index (χ4v) is 2.61. The molecule has 0 radical (unpaired) electrons. The highest BCUT2D eigenvalue weighted by atomic mass is 35.5. The number of anilines is 2. The van der Waals surface area contributed by atoms with Crippen LogP contribution in [0.2, 0.25) is 10.0 Å². The maximum Gasteiger partial charge on any atom is 0.163 e. The Morgan fingerprint density at radius 2 is 1.92 bits per heavy atom. The molecule has 0 spiro atoms. The first kappa shape index (κ1) is 17.5. The number of fused-ring (bicyclic) bond motifs is 1. The topological polar surface area (TPSA) is 82.3 Å². The van der Waals surface area contributed by atoms with E-state index in [9.17, 15) is 0 Å². The molecule has 0 atom stereocenters. The van der Waals surface area contributed by atoms with Crippen molar-refractivity contribution in [3.8, 4) is 11.5 Å². The van der Waals surface area contributed by atoms with Gasteiger partial charge in [-0.2, -0.15) is 0 Å². The molecule has 0 saturated carbocycles. The molecule has 0 unspecified atom stereocenters. The number of methoxy groups -OCH3 is 1. The Bertz CT molecular complexity index is 905. The lowest BCUT2D eigenvalue weighted by molar-refractivity contribution is 0.303. The first-order valence-electron chi connectivity index (χ1n) is 7.50. The summed E-state index contributed by atoms with van der Waals surface area (Å²) in [7, 11) is 1.58. The van der Waals surface area contributed by atoms with Crippen LogP contribution in [-0.2, 0) is 0 Å². The van der Waals surface area contributed by atoms with Crippen molar-refractivity contribution < 1.29 is 9.47 Å². The molecule has 0 saturated heterocycles. The molecule has 130 valence electrons. The third-order valence-corrected chi connectivity index (χ3v) is 4.22. The summed E-state index contributed by atoms with van der Waals surface area (Å²) in [4.78, 5) is 8.60. The summed E-state index contributed by atoms with van der Waals surface area (Å²) in [5.74, 6) is 1.78. The number of nitrogens with one attached hydrogen (secondary N) is 1. The quantitative estimate of drug-likeness (QED) is 0.673. The predicted molar refractivity (Wildman–Crippen MR) is 100 cm³/mol. The molecule has 3 rings (SSSR count). The van der Waals surface area contributed by atoms with Gasteiger partial charge in [0.15, 0.2) is 11.5 Å². The summed E-state index contributed by atoms with van der Waals surface area (Å²) < 4.78 is 11.0. The van der Waals surface area contributed by atoms with Gasteiger partial charge in [-0.25, -0.2) is 9.97 Å². The minimum atomic E-state index is 0.390. The first-order valence-corrected chi connectivity index (χ1v) is 8.25. The van der Waals surface area contributed by atoms with E-state index in [0.29, 0.717) is 46.0 Å². The smallest absolute Gasteiger partial charge is 0.163 e. The first-order chi connectivity index (χ1) is 12.1. The average molecular weight is 379 g/mol. The molecule has 0 aliphatic heterocycles. The Kier molecular flexibility index (Phi) is 5.43. The Labute approximate surface area is 154 Å². The van der Waals surface area contributed by atoms with E-state index in [1.54, 1.807) is 25.3 Å². The third-order valence-electron chi connectivity index (χ3n) is 3.48. The second-order valence-electron chi connectivity index (χ2n) is 5.13. The van der Waals surface area contributed by atoms with Gasteiger partial charge in [0.1, 0.15) is 18.8 Å². The minimum absolute atomic E-state index is 0.390. The summed E-state index contributed by atoms with van der Waals surface area (Å²) in [5, 5.41) is 4.95. The average Bonchev–Trinajstić information content (AvgIpc) is 2.62. The molecule has 3 aromatic rings. The minimum Gasteiger partial charge on any atom is -0.493 e. The van der Waals surface area contributed by atoms with E-state index >= 15 is 0 Å². The van der Waals surface area contributed by atoms with Crippen LogP contribution in [0.3, 0.4) is 0 Å². The van der Waals surface area contributed by atoms with Crippen LogP contribution in [0.1, 0.15) is 0 Å². The van der Waals surface area contributed by atoms with E-state index < -0.39 is 0 Å². The molecule has 0 aliphatic carbocycles. The Morgan fingerprint density at radius 1 is 1.08 bits per heavy atom. The van der Waals surface area contributed by atoms with E-state index in [4.69, 9.17) is 38.4 Å². The number of nitrogens with zero attached hydrogens (tertiary/aromatic N) is 2. The van der Waals surface area contributed by atoms with Gasteiger partial charge in [-0.3, -0.25) is 0 Å². The van der Waals surface area contributed by atoms with E-state index in [1.807, 2.05) is 12.1 Å². The normalized spacial score (nSPS) is 10.7. The van der Waals surface area contributed by atoms with Gasteiger partial charge in [-0.15, -0.1) is 0 Å². The Hall–Kier alpha value is -2.28. The molecule has 25 heavy (non-hydrogen) atoms. The molecule has 0 fully saturated rings. The van der Waals surface area contributed by atoms with Crippen molar-refractivity contribution in [1.29, 1.82) is 0 Å². The van der Waals surface area contributed by atoms with Crippen LogP contribution in [0.25, 0.3) is 10.9 Å². The number of aromatic nitrogens is 2. The van der Waals surface area contributed by atoms with Gasteiger partial charge in [-0.05, 0) is 24.3 Å². The lowest BCUT2D eigenvalue weighted by atomic mass is 10.2. The molecule has 6 nitrogen and oxygen atoms in total. The van der Waals surface area contributed by atoms with Crippen LogP contribution in [0.15, 0.2) is 36.7 Å². The van der Waals surface area contributed by atoms with Crippen molar-refractivity contribution in [3.05, 3.63) is 46.7 Å². The van der Waals surface area contributed by atoms with Crippen molar-refractivity contribution in [3.63, 3.8) is 0 Å². The summed E-state index contributed by atoms with van der Waals surface area (Å²) in [5.41, 5.74) is 6.97. The number of nitrogens with two attached hydrogens (primary N) is 1. The third kappa shape index (κ3) is 3.87. The largest absolute Gasteiger partial charge is 0.493 e. The lowest BCUT2D eigenvalue weighted by Gasteiger charge is -2.13. The van der Waals surface area contributed by atoms with Crippen LogP contribution in [0, 0.1) is 0 Å². The molecule has 1 heterocycles. The van der Waals surface area contributed by atoms with Crippen LogP contribution < -0.4 is 20.5 Å². The second kappa shape index (κ2) is 7.74. The zero-order valence-corrected chi connectivity index (χ0v) is 14.9. The molecular formula is C17H16Cl2N4O2. The number of halogens is 2. The van der Waals surface area contributed by atoms with Gasteiger partial charge in [0, 0.05) is 23.7 Å². The summed E-state index contributed by atoms with van der Waals surface area (Å²) in [6.07, 6.45) is 1.47. The number of hydrogen-bond acceptors (Lipinski definition) is 6. The standard InChI is InChI=1S/C17H16Cl2N4O2/c1-24-15-7-11-14(8-16(15)25-5-4-20)21-9-22-17(11)23-10-2-3-12(18)13(19)6-10/h2-3,6-9H,4-5,20H2,1H3,(H,21,22,23). The zero-order chi connectivity index (χ0) is 17.8. The Balaban J connectivity index is 2.02. The molecule has 8 heteroatoms. The lowest BCUT2D eigenvalue weighted by Crippen LogP contribution is -2.11. The summed E-state index contributed by atoms with van der Waals surface area (Å²) in [6, 6.07) is 8.88. The monoisotopic (exact) mass is 378 g/mol. The highest BCUT2D eigenvalue weighted by molar-refractivity contribution is 6.42. The molecule has 0 bridgehead atoms. The van der Waals surface area contributed by atoms with E-state index in [1.165, 1.54) is 6.33 Å². The van der Waals surface area contributed by atoms with Gasteiger partial charge in [0.25, 0.3) is 0 Å². The fourth-order valence-electron chi connectivity index (χ4n) is 2.32. The van der Waals surface area contributed by atoms with E-state index in [2.05, 4.69) is 15.3 Å². The number of benzene rings is 2. The van der Waals surface area contributed by atoms with Gasteiger partial charge in [0.05, 0.1) is 22.7 Å². The molecule has 0 aliphatic rings. The highest BCUT2D eigenvalue weighted by Gasteiger charge is 2.12. The Morgan fingerprint density at radius 3 is 2.64 bits per heavy atom. The maximum atomic E-state index is 6.06. The van der Waals surface area contributed by atoms with Crippen molar-refractivity contribution in [2.45, 2.75) is 0 Å². The number of rotatable bonds is 6. The summed E-state index contributed by atoms with van der Waals surface area (Å²) in [6.45, 7) is 0.802. The van der Waals surface area contributed by atoms with Crippen LogP contribution in [0.4, 0.5) is 11.5 Å². The SMILES string of the molecule is COc1cc2c(Nc3ccc(Cl)c(Cl)c3)ncnc2cc1OCCN. The van der Waals surface area contributed by atoms with Crippen molar-refractivity contribution >= 4 is 45.6 Å². The zero-order valence-electron chi connectivity index (χ0n) is 13.4. The molecule has 2 aromatic carbocycles. The molecule has 0 amide bonds. The summed E-state index contributed by atoms with van der Waals surface area (Å²) >= 11 is 12.0.